The number of hydrogen-bond donors (Lipinski definition) is 0. The van der Waals surface area contributed by atoms with Gasteiger partial charge >= 0.3 is 0 Å². The van der Waals surface area contributed by atoms with Gasteiger partial charge in [0.2, 0.25) is 0 Å². The van der Waals surface area contributed by atoms with Gasteiger partial charge in [-0.2, -0.15) is 0 Å². The number of carbonyl (C=O) groups excluding carboxylic acids is 1. The Morgan fingerprint density at radius 1 is 1.28 bits per heavy atom. The van der Waals surface area contributed by atoms with Crippen LogP contribution in [0.15, 0.2) is 29.6 Å². The van der Waals surface area contributed by atoms with Gasteiger partial charge in [-0.05, 0) is 61.9 Å². The van der Waals surface area contributed by atoms with Gasteiger partial charge in [0, 0.05) is 15.8 Å². The molecule has 0 fully saturated rings. The molecule has 0 N–H and O–H groups in total. The van der Waals surface area contributed by atoms with Crippen molar-refractivity contribution in [3.63, 3.8) is 0 Å². The van der Waals surface area contributed by atoms with E-state index in [0.29, 0.717) is 16.9 Å². The van der Waals surface area contributed by atoms with Crippen LogP contribution in [0.4, 0.5) is 4.39 Å². The normalized spacial score (nSPS) is 13.8. The molecule has 0 saturated heterocycles. The monoisotopic (exact) mass is 372 g/mol. The number of fused-ring (bicyclic) bond motifs is 3. The molecule has 0 atom stereocenters. The summed E-state index contributed by atoms with van der Waals surface area (Å²) in [7, 11) is 0. The average molecular weight is 372 g/mol. The van der Waals surface area contributed by atoms with Crippen LogP contribution in [0.2, 0.25) is 0 Å². The topological polar surface area (TPSA) is 42.9 Å². The fourth-order valence-electron chi connectivity index (χ4n) is 3.21. The molecule has 0 spiro atoms. The van der Waals surface area contributed by atoms with Crippen molar-refractivity contribution < 1.29 is 9.18 Å². The van der Waals surface area contributed by atoms with Crippen LogP contribution in [0.1, 0.15) is 39.2 Å². The molecule has 0 unspecified atom stereocenters. The Kier molecular flexibility index (Phi) is 4.56. The van der Waals surface area contributed by atoms with Gasteiger partial charge in [0.25, 0.3) is 0 Å². The summed E-state index contributed by atoms with van der Waals surface area (Å²) in [4.78, 5) is 23.8. The van der Waals surface area contributed by atoms with Crippen molar-refractivity contribution in [3.05, 3.63) is 51.9 Å². The van der Waals surface area contributed by atoms with Crippen LogP contribution in [0.25, 0.3) is 10.2 Å². The minimum absolute atomic E-state index is 0.0102. The highest BCUT2D eigenvalue weighted by atomic mass is 32.2. The average Bonchev–Trinajstić information content (AvgIpc) is 3.01. The van der Waals surface area contributed by atoms with Crippen molar-refractivity contribution in [1.82, 2.24) is 9.97 Å². The number of hydrogen-bond acceptors (Lipinski definition) is 5. The van der Waals surface area contributed by atoms with Gasteiger partial charge in [0.1, 0.15) is 22.0 Å². The van der Waals surface area contributed by atoms with E-state index in [9.17, 15) is 9.18 Å². The number of Topliss-reactive ketones (excluding diaryl/α,β-unsaturated/α-hetero) is 1. The van der Waals surface area contributed by atoms with E-state index in [2.05, 4.69) is 9.97 Å². The quantitative estimate of drug-likeness (QED) is 0.367. The number of rotatable bonds is 4. The fourth-order valence-corrected chi connectivity index (χ4v) is 5.42. The van der Waals surface area contributed by atoms with Crippen molar-refractivity contribution >= 4 is 39.1 Å². The third-order valence-corrected chi connectivity index (χ3v) is 6.73. The molecule has 0 saturated carbocycles. The first-order valence-corrected chi connectivity index (χ1v) is 10.1. The molecule has 1 aliphatic carbocycles. The van der Waals surface area contributed by atoms with Crippen LogP contribution in [0.5, 0.6) is 0 Å². The highest BCUT2D eigenvalue weighted by Crippen LogP contribution is 2.39. The Morgan fingerprint density at radius 2 is 2.12 bits per heavy atom. The van der Waals surface area contributed by atoms with E-state index in [-0.39, 0.29) is 11.6 Å². The molecule has 25 heavy (non-hydrogen) atoms. The first-order chi connectivity index (χ1) is 12.1. The predicted molar refractivity (Wildman–Crippen MR) is 100 cm³/mol. The van der Waals surface area contributed by atoms with Crippen molar-refractivity contribution in [2.24, 2.45) is 0 Å². The maximum absolute atomic E-state index is 13.4. The van der Waals surface area contributed by atoms with Crippen molar-refractivity contribution in [1.29, 1.82) is 0 Å². The van der Waals surface area contributed by atoms with Crippen LogP contribution in [-0.2, 0) is 12.8 Å². The molecule has 1 aliphatic rings. The summed E-state index contributed by atoms with van der Waals surface area (Å²) in [5.74, 6) is -0.00231. The van der Waals surface area contributed by atoms with Crippen LogP contribution < -0.4 is 0 Å². The number of benzene rings is 1. The summed E-state index contributed by atoms with van der Waals surface area (Å²) >= 11 is 3.21. The predicted octanol–water partition coefficient (Wildman–Crippen LogP) is 4.99. The molecule has 1 aromatic carbocycles. The summed E-state index contributed by atoms with van der Waals surface area (Å²) in [6.45, 7) is 1.67. The Labute approximate surface area is 153 Å². The second kappa shape index (κ2) is 6.84. The van der Waals surface area contributed by atoms with Crippen LogP contribution in [0.3, 0.4) is 0 Å². The maximum atomic E-state index is 13.4. The number of thioether (sulfide) groups is 1. The number of carbonyl (C=O) groups is 1. The minimum Gasteiger partial charge on any atom is -0.293 e. The third-order valence-electron chi connectivity index (χ3n) is 4.54. The molecule has 0 amide bonds. The smallest absolute Gasteiger partial charge is 0.173 e. The molecule has 3 aromatic rings. The number of aryl methyl sites for hydroxylation is 3. The van der Waals surface area contributed by atoms with Crippen LogP contribution in [0, 0.1) is 12.7 Å². The third kappa shape index (κ3) is 3.20. The Hall–Kier alpha value is -1.79. The highest BCUT2D eigenvalue weighted by molar-refractivity contribution is 8.00. The van der Waals surface area contributed by atoms with E-state index >= 15 is 0 Å². The number of thiophene rings is 1. The Bertz CT molecular complexity index is 967. The molecule has 3 nitrogen and oxygen atoms in total. The van der Waals surface area contributed by atoms with Crippen molar-refractivity contribution in [3.8, 4) is 0 Å². The van der Waals surface area contributed by atoms with Gasteiger partial charge in [-0.1, -0.05) is 11.8 Å². The fraction of sp³-hybridized carbons (Fsp3) is 0.316. The van der Waals surface area contributed by atoms with Gasteiger partial charge in [0.05, 0.1) is 5.75 Å². The Balaban J connectivity index is 1.59. The molecule has 0 aliphatic heterocycles. The van der Waals surface area contributed by atoms with Gasteiger partial charge in [-0.3, -0.25) is 4.79 Å². The number of halogens is 1. The second-order valence-electron chi connectivity index (χ2n) is 6.25. The minimum atomic E-state index is -0.286. The summed E-state index contributed by atoms with van der Waals surface area (Å²) < 4.78 is 13.4. The lowest BCUT2D eigenvalue weighted by Gasteiger charge is -2.11. The zero-order valence-electron chi connectivity index (χ0n) is 13.8. The van der Waals surface area contributed by atoms with E-state index < -0.39 is 0 Å². The summed E-state index contributed by atoms with van der Waals surface area (Å²) in [6, 6.07) is 4.51. The van der Waals surface area contributed by atoms with E-state index in [1.165, 1.54) is 41.1 Å². The molecular weight excluding hydrogens is 355 g/mol. The zero-order chi connectivity index (χ0) is 17.4. The molecule has 0 radical (unpaired) electrons. The molecule has 2 heterocycles. The largest absolute Gasteiger partial charge is 0.293 e. The summed E-state index contributed by atoms with van der Waals surface area (Å²) in [5.41, 5.74) is 2.41. The highest BCUT2D eigenvalue weighted by Gasteiger charge is 2.20. The van der Waals surface area contributed by atoms with Crippen LogP contribution >= 0.6 is 23.1 Å². The van der Waals surface area contributed by atoms with Gasteiger partial charge in [0.15, 0.2) is 5.78 Å². The molecule has 128 valence electrons. The van der Waals surface area contributed by atoms with Gasteiger partial charge in [-0.25, -0.2) is 14.4 Å². The Morgan fingerprint density at radius 3 is 2.96 bits per heavy atom. The molecule has 0 bridgehead atoms. The van der Waals surface area contributed by atoms with Crippen molar-refractivity contribution in [2.45, 2.75) is 37.6 Å². The van der Waals surface area contributed by atoms with E-state index in [4.69, 9.17) is 0 Å². The SMILES string of the molecule is Cc1cc(C(=O)CSc2ncnc3sc4c(c23)CCCC4)ccc1F. The number of ketones is 1. The standard InChI is InChI=1S/C19H17FN2OS2/c1-11-8-12(6-7-14(11)20)15(23)9-24-18-17-13-4-2-3-5-16(13)25-19(17)22-10-21-18/h6-8,10H,2-5,9H2,1H3. The van der Waals surface area contributed by atoms with Gasteiger partial charge in [-0.15, -0.1) is 11.3 Å². The van der Waals surface area contributed by atoms with E-state index in [0.717, 1.165) is 28.1 Å². The maximum Gasteiger partial charge on any atom is 0.173 e. The molecule has 2 aromatic heterocycles. The van der Waals surface area contributed by atoms with E-state index in [1.54, 1.807) is 36.7 Å². The van der Waals surface area contributed by atoms with Gasteiger partial charge < -0.3 is 0 Å². The molecule has 6 heteroatoms. The number of aromatic nitrogens is 2. The lowest BCUT2D eigenvalue weighted by Crippen LogP contribution is -2.04. The molecule has 4 rings (SSSR count). The summed E-state index contributed by atoms with van der Waals surface area (Å²) in [5, 5.41) is 2.02. The lowest BCUT2D eigenvalue weighted by molar-refractivity contribution is 0.102. The van der Waals surface area contributed by atoms with Crippen molar-refractivity contribution in [2.75, 3.05) is 5.75 Å². The zero-order valence-corrected chi connectivity index (χ0v) is 15.5. The first kappa shape index (κ1) is 16.7. The molecular formula is C19H17FN2OS2. The van der Waals surface area contributed by atoms with E-state index in [1.807, 2.05) is 0 Å². The first-order valence-electron chi connectivity index (χ1n) is 8.31. The second-order valence-corrected chi connectivity index (χ2v) is 8.29. The summed E-state index contributed by atoms with van der Waals surface area (Å²) in [6.07, 6.45) is 6.21. The number of nitrogens with zero attached hydrogens (tertiary/aromatic N) is 2. The lowest BCUT2D eigenvalue weighted by atomic mass is 9.97. The van der Waals surface area contributed by atoms with Crippen LogP contribution in [-0.4, -0.2) is 21.5 Å².